The number of cyclic esters (lactones) is 1. The molecule has 40 heavy (non-hydrogen) atoms. The zero-order valence-corrected chi connectivity index (χ0v) is 23.8. The molecule has 2 aliphatic carbocycles. The van der Waals surface area contributed by atoms with Crippen LogP contribution in [0.15, 0.2) is 60.0 Å². The topological polar surface area (TPSA) is 129 Å². The number of ketones is 1. The number of nitrogens with zero attached hydrogens (tertiary/aromatic N) is 1. The van der Waals surface area contributed by atoms with Gasteiger partial charge >= 0.3 is 17.9 Å². The summed E-state index contributed by atoms with van der Waals surface area (Å²) in [6.07, 6.45) is 8.73. The lowest BCUT2D eigenvalue weighted by Gasteiger charge is -2.64. The van der Waals surface area contributed by atoms with Crippen molar-refractivity contribution in [1.29, 1.82) is 0 Å². The first-order valence-corrected chi connectivity index (χ1v) is 13.6. The molecule has 1 saturated carbocycles. The van der Waals surface area contributed by atoms with Gasteiger partial charge in [0.15, 0.2) is 12.2 Å². The van der Waals surface area contributed by atoms with Crippen molar-refractivity contribution < 1.29 is 38.5 Å². The van der Waals surface area contributed by atoms with E-state index in [-0.39, 0.29) is 18.1 Å². The molecule has 0 bridgehead atoms. The lowest BCUT2D eigenvalue weighted by molar-refractivity contribution is -0.257. The van der Waals surface area contributed by atoms with Crippen molar-refractivity contribution in [1.82, 2.24) is 4.98 Å². The minimum absolute atomic E-state index is 0.116. The molecule has 9 heteroatoms. The lowest BCUT2D eigenvalue weighted by Crippen LogP contribution is -2.72. The highest BCUT2D eigenvalue weighted by Gasteiger charge is 2.69. The number of esters is 3. The van der Waals surface area contributed by atoms with Crippen LogP contribution in [0, 0.1) is 22.7 Å². The van der Waals surface area contributed by atoms with Crippen molar-refractivity contribution in [3.8, 4) is 0 Å². The lowest BCUT2D eigenvalue weighted by atomic mass is 9.44. The Hall–Kier alpha value is -3.59. The first kappa shape index (κ1) is 29.4. The van der Waals surface area contributed by atoms with E-state index in [0.717, 1.165) is 12.0 Å². The molecule has 0 saturated heterocycles. The number of ether oxygens (including phenoxy) is 3. The molecule has 1 aliphatic heterocycles. The first-order chi connectivity index (χ1) is 18.7. The Balaban J connectivity index is 1.87. The van der Waals surface area contributed by atoms with Crippen molar-refractivity contribution in [2.24, 2.45) is 22.7 Å². The number of hydrogen-bond acceptors (Lipinski definition) is 9. The maximum Gasteiger partial charge on any atom is 0.375 e. The van der Waals surface area contributed by atoms with Gasteiger partial charge in [-0.15, -0.1) is 0 Å². The van der Waals surface area contributed by atoms with E-state index in [4.69, 9.17) is 14.2 Å². The van der Waals surface area contributed by atoms with Crippen LogP contribution in [0.2, 0.25) is 0 Å². The average molecular weight is 552 g/mol. The molecule has 9 nitrogen and oxygen atoms in total. The van der Waals surface area contributed by atoms with Gasteiger partial charge in [0, 0.05) is 35.2 Å². The minimum Gasteiger partial charge on any atom is -0.458 e. The molecule has 214 valence electrons. The van der Waals surface area contributed by atoms with E-state index >= 15 is 0 Å². The molecular formula is C31H37NO8. The SMILES string of the molecule is CC1=CCC[C@H]2[C@@]1(C)[C@@H](OC(=O)C(=O)C(C)C)[C@H](OC(=O)c1cccnc1)[C@](C)(O)[C@]2(C)C=CC1=CC(=O)OC1. The molecule has 3 aliphatic rings. The highest BCUT2D eigenvalue weighted by molar-refractivity contribution is 6.34. The van der Waals surface area contributed by atoms with Gasteiger partial charge < -0.3 is 19.3 Å². The third-order valence-electron chi connectivity index (χ3n) is 9.13. The highest BCUT2D eigenvalue weighted by Crippen LogP contribution is 2.63. The van der Waals surface area contributed by atoms with E-state index in [0.29, 0.717) is 12.0 Å². The summed E-state index contributed by atoms with van der Waals surface area (Å²) in [5, 5.41) is 12.4. The van der Waals surface area contributed by atoms with Crippen molar-refractivity contribution in [2.75, 3.05) is 6.61 Å². The number of rotatable bonds is 7. The van der Waals surface area contributed by atoms with Crippen molar-refractivity contribution >= 4 is 23.7 Å². The largest absolute Gasteiger partial charge is 0.458 e. The number of carbonyl (C=O) groups is 4. The van der Waals surface area contributed by atoms with Crippen molar-refractivity contribution in [3.63, 3.8) is 0 Å². The van der Waals surface area contributed by atoms with Gasteiger partial charge in [0.2, 0.25) is 5.78 Å². The normalized spacial score (nSPS) is 33.6. The minimum atomic E-state index is -1.78. The average Bonchev–Trinajstić information content (AvgIpc) is 3.34. The molecule has 1 aromatic rings. The Labute approximate surface area is 234 Å². The van der Waals surface area contributed by atoms with Crippen LogP contribution in [0.5, 0.6) is 0 Å². The Bertz CT molecular complexity index is 1290. The quantitative estimate of drug-likeness (QED) is 0.232. The fourth-order valence-electron chi connectivity index (χ4n) is 6.36. The number of aliphatic hydroxyl groups is 1. The summed E-state index contributed by atoms with van der Waals surface area (Å²) in [5.41, 5.74) is -2.02. The second-order valence-corrected chi connectivity index (χ2v) is 11.8. The zero-order valence-electron chi connectivity index (χ0n) is 23.8. The second kappa shape index (κ2) is 10.8. The predicted octanol–water partition coefficient (Wildman–Crippen LogP) is 3.92. The van der Waals surface area contributed by atoms with Gasteiger partial charge in [-0.1, -0.05) is 51.5 Å². The van der Waals surface area contributed by atoms with Crippen LogP contribution < -0.4 is 0 Å². The van der Waals surface area contributed by atoms with Gasteiger partial charge in [0.25, 0.3) is 0 Å². The molecule has 0 aromatic carbocycles. The van der Waals surface area contributed by atoms with Gasteiger partial charge in [-0.2, -0.15) is 0 Å². The molecule has 1 aromatic heterocycles. The molecule has 1 N–H and O–H groups in total. The Morgan fingerprint density at radius 1 is 1.18 bits per heavy atom. The molecule has 4 rings (SSSR count). The summed E-state index contributed by atoms with van der Waals surface area (Å²) in [7, 11) is 0. The van der Waals surface area contributed by atoms with E-state index in [1.54, 1.807) is 32.9 Å². The number of carbonyl (C=O) groups excluding carboxylic acids is 4. The summed E-state index contributed by atoms with van der Waals surface area (Å²) >= 11 is 0. The fraction of sp³-hybridized carbons (Fsp3) is 0.516. The van der Waals surface area contributed by atoms with Crippen LogP contribution in [-0.2, 0) is 28.6 Å². The van der Waals surface area contributed by atoms with Gasteiger partial charge in [0.1, 0.15) is 12.2 Å². The maximum atomic E-state index is 13.4. The first-order valence-electron chi connectivity index (χ1n) is 13.6. The predicted molar refractivity (Wildman–Crippen MR) is 145 cm³/mol. The number of Topliss-reactive ketones (excluding diaryl/α,β-unsaturated/α-hetero) is 1. The Morgan fingerprint density at radius 2 is 1.90 bits per heavy atom. The number of fused-ring (bicyclic) bond motifs is 1. The molecule has 1 fully saturated rings. The number of allylic oxidation sites excluding steroid dienone is 1. The molecule has 0 unspecified atom stereocenters. The van der Waals surface area contributed by atoms with Crippen LogP contribution in [0.3, 0.4) is 0 Å². The number of pyridine rings is 1. The van der Waals surface area contributed by atoms with E-state index in [1.807, 2.05) is 26.8 Å². The molecular weight excluding hydrogens is 514 g/mol. The summed E-state index contributed by atoms with van der Waals surface area (Å²) in [6.45, 7) is 10.6. The molecule has 0 radical (unpaired) electrons. The van der Waals surface area contributed by atoms with Gasteiger partial charge in [-0.05, 0) is 50.3 Å². The van der Waals surface area contributed by atoms with Gasteiger partial charge in [-0.3, -0.25) is 9.78 Å². The summed E-state index contributed by atoms with van der Waals surface area (Å²) < 4.78 is 17.0. The van der Waals surface area contributed by atoms with Crippen LogP contribution in [0.1, 0.15) is 64.7 Å². The van der Waals surface area contributed by atoms with Crippen molar-refractivity contribution in [3.05, 3.63) is 65.5 Å². The summed E-state index contributed by atoms with van der Waals surface area (Å²) in [4.78, 5) is 54.7. The van der Waals surface area contributed by atoms with E-state index in [9.17, 15) is 24.3 Å². The van der Waals surface area contributed by atoms with E-state index in [2.05, 4.69) is 11.1 Å². The van der Waals surface area contributed by atoms with E-state index < -0.39 is 58.2 Å². The Kier molecular flexibility index (Phi) is 7.91. The number of aromatic nitrogens is 1. The maximum absolute atomic E-state index is 13.4. The van der Waals surface area contributed by atoms with Crippen molar-refractivity contribution in [2.45, 2.75) is 72.2 Å². The third-order valence-corrected chi connectivity index (χ3v) is 9.13. The monoisotopic (exact) mass is 551 g/mol. The molecule has 0 amide bonds. The van der Waals surface area contributed by atoms with Crippen LogP contribution >= 0.6 is 0 Å². The standard InChI is InChI=1S/C31H37NO8/c1-18(2)24(34)28(36)39-25-26(40-27(35)21-10-8-14-32-16-21)31(6,37)29(4,13-12-20-15-23(33)38-17-20)22-11-7-9-19(3)30(22,25)5/h8-10,12-16,18,22,25-26,37H,7,11,17H2,1-6H3/t22-,25+,26+,29-,30+,31+/m1/s1. The number of hydrogen-bond donors (Lipinski definition) is 1. The smallest absolute Gasteiger partial charge is 0.375 e. The van der Waals surface area contributed by atoms with Gasteiger partial charge in [0.05, 0.1) is 5.56 Å². The Morgan fingerprint density at radius 3 is 2.50 bits per heavy atom. The van der Waals surface area contributed by atoms with Crippen LogP contribution in [0.4, 0.5) is 0 Å². The summed E-state index contributed by atoms with van der Waals surface area (Å²) in [5.74, 6) is -3.83. The van der Waals surface area contributed by atoms with Gasteiger partial charge in [-0.25, -0.2) is 14.4 Å². The molecule has 2 heterocycles. The van der Waals surface area contributed by atoms with Crippen LogP contribution in [0.25, 0.3) is 0 Å². The zero-order chi connectivity index (χ0) is 29.5. The van der Waals surface area contributed by atoms with Crippen LogP contribution in [-0.4, -0.2) is 58.2 Å². The molecule has 6 atom stereocenters. The summed E-state index contributed by atoms with van der Waals surface area (Å²) in [6, 6.07) is 3.13. The third kappa shape index (κ3) is 4.91. The molecule has 0 spiro atoms. The van der Waals surface area contributed by atoms with E-state index in [1.165, 1.54) is 24.5 Å². The highest BCUT2D eigenvalue weighted by atomic mass is 16.6. The second-order valence-electron chi connectivity index (χ2n) is 11.8. The fourth-order valence-corrected chi connectivity index (χ4v) is 6.36.